The first-order chi connectivity index (χ1) is 12.6. The van der Waals surface area contributed by atoms with Crippen molar-refractivity contribution in [2.24, 2.45) is 5.92 Å². The Kier molecular flexibility index (Phi) is 3.74. The number of fused-ring (bicyclic) bond motifs is 5. The van der Waals surface area contributed by atoms with Crippen molar-refractivity contribution in [2.75, 3.05) is 0 Å². The Labute approximate surface area is 162 Å². The fourth-order valence-electron chi connectivity index (χ4n) is 3.69. The SMILES string of the molecule is O=C1Oc2ccccc2C2c3sc(=O)[nH]c3SC(c3ccc(Cl)cc3)C12. The monoisotopic (exact) mass is 401 g/mol. The Bertz CT molecular complexity index is 1070. The Morgan fingerprint density at radius 3 is 2.62 bits per heavy atom. The molecule has 130 valence electrons. The van der Waals surface area contributed by atoms with E-state index in [9.17, 15) is 9.59 Å². The van der Waals surface area contributed by atoms with Crippen molar-refractivity contribution >= 4 is 40.7 Å². The Hall–Kier alpha value is -2.02. The van der Waals surface area contributed by atoms with E-state index in [1.807, 2.05) is 42.5 Å². The molecule has 1 aromatic heterocycles. The molecule has 0 fully saturated rings. The first-order valence-corrected chi connectivity index (χ1v) is 10.1. The molecule has 2 aliphatic heterocycles. The molecule has 4 nitrogen and oxygen atoms in total. The van der Waals surface area contributed by atoms with E-state index < -0.39 is 5.92 Å². The molecule has 3 heterocycles. The molecule has 0 spiro atoms. The molecule has 0 amide bonds. The van der Waals surface area contributed by atoms with Gasteiger partial charge in [0.15, 0.2) is 0 Å². The first-order valence-electron chi connectivity index (χ1n) is 8.07. The Morgan fingerprint density at radius 1 is 1.04 bits per heavy atom. The lowest BCUT2D eigenvalue weighted by molar-refractivity contribution is -0.140. The molecule has 1 N–H and O–H groups in total. The zero-order valence-corrected chi connectivity index (χ0v) is 15.7. The van der Waals surface area contributed by atoms with Crippen LogP contribution in [0.2, 0.25) is 5.02 Å². The number of benzene rings is 2. The number of aromatic nitrogens is 1. The molecule has 26 heavy (non-hydrogen) atoms. The first kappa shape index (κ1) is 16.2. The summed E-state index contributed by atoms with van der Waals surface area (Å²) in [6, 6.07) is 15.1. The summed E-state index contributed by atoms with van der Waals surface area (Å²) in [5, 5.41) is 1.33. The van der Waals surface area contributed by atoms with E-state index in [2.05, 4.69) is 4.98 Å². The van der Waals surface area contributed by atoms with Crippen LogP contribution in [0.4, 0.5) is 0 Å². The number of ether oxygens (including phenoxy) is 1. The summed E-state index contributed by atoms with van der Waals surface area (Å²) in [6.45, 7) is 0. The number of carbonyl (C=O) groups excluding carboxylic acids is 1. The molecule has 3 unspecified atom stereocenters. The molecular weight excluding hydrogens is 390 g/mol. The van der Waals surface area contributed by atoms with Crippen molar-refractivity contribution in [2.45, 2.75) is 16.2 Å². The van der Waals surface area contributed by atoms with Crippen LogP contribution in [-0.4, -0.2) is 11.0 Å². The van der Waals surface area contributed by atoms with Crippen molar-refractivity contribution in [1.29, 1.82) is 0 Å². The second kappa shape index (κ2) is 6.01. The van der Waals surface area contributed by atoms with E-state index in [0.29, 0.717) is 10.8 Å². The summed E-state index contributed by atoms with van der Waals surface area (Å²) < 4.78 is 5.64. The fraction of sp³-hybridized carbons (Fsp3) is 0.158. The lowest BCUT2D eigenvalue weighted by atomic mass is 9.78. The van der Waals surface area contributed by atoms with Crippen molar-refractivity contribution in [3.8, 4) is 5.75 Å². The summed E-state index contributed by atoms with van der Waals surface area (Å²) in [6.07, 6.45) is 0. The van der Waals surface area contributed by atoms with E-state index >= 15 is 0 Å². The van der Waals surface area contributed by atoms with E-state index in [1.165, 1.54) is 23.1 Å². The molecule has 0 aliphatic carbocycles. The zero-order valence-electron chi connectivity index (χ0n) is 13.3. The van der Waals surface area contributed by atoms with Gasteiger partial charge in [0, 0.05) is 21.4 Å². The molecular formula is C19H12ClNO3S2. The highest BCUT2D eigenvalue weighted by Crippen LogP contribution is 2.58. The highest BCUT2D eigenvalue weighted by molar-refractivity contribution is 7.99. The number of carbonyl (C=O) groups is 1. The number of nitrogens with one attached hydrogen (secondary N) is 1. The van der Waals surface area contributed by atoms with Crippen molar-refractivity contribution in [3.05, 3.63) is 79.2 Å². The molecule has 0 saturated heterocycles. The molecule has 5 rings (SSSR count). The summed E-state index contributed by atoms with van der Waals surface area (Å²) in [5.41, 5.74) is 1.94. The maximum absolute atomic E-state index is 12.9. The van der Waals surface area contributed by atoms with Crippen LogP contribution < -0.4 is 9.61 Å². The number of hydrogen-bond donors (Lipinski definition) is 1. The van der Waals surface area contributed by atoms with E-state index in [1.54, 1.807) is 6.07 Å². The van der Waals surface area contributed by atoms with Crippen LogP contribution in [-0.2, 0) is 4.79 Å². The second-order valence-corrected chi connectivity index (χ2v) is 8.86. The summed E-state index contributed by atoms with van der Waals surface area (Å²) in [7, 11) is 0. The highest BCUT2D eigenvalue weighted by Gasteiger charge is 2.49. The van der Waals surface area contributed by atoms with Crippen LogP contribution in [0.3, 0.4) is 0 Å². The van der Waals surface area contributed by atoms with E-state index in [0.717, 1.165) is 21.0 Å². The Morgan fingerprint density at radius 2 is 1.81 bits per heavy atom. The fourth-order valence-corrected chi connectivity index (χ4v) is 6.40. The predicted molar refractivity (Wildman–Crippen MR) is 102 cm³/mol. The van der Waals surface area contributed by atoms with Crippen LogP contribution in [0.5, 0.6) is 5.75 Å². The maximum Gasteiger partial charge on any atom is 0.316 e. The van der Waals surface area contributed by atoms with E-state index in [4.69, 9.17) is 16.3 Å². The van der Waals surface area contributed by atoms with Gasteiger partial charge < -0.3 is 9.72 Å². The smallest absolute Gasteiger partial charge is 0.316 e. The van der Waals surface area contributed by atoms with Gasteiger partial charge in [0.25, 0.3) is 0 Å². The summed E-state index contributed by atoms with van der Waals surface area (Å²) in [5.74, 6) is -0.261. The minimum absolute atomic E-state index is 0.102. The largest absolute Gasteiger partial charge is 0.426 e. The second-order valence-electron chi connectivity index (χ2n) is 6.26. The predicted octanol–water partition coefficient (Wildman–Crippen LogP) is 4.60. The Balaban J connectivity index is 1.73. The molecule has 2 aromatic carbocycles. The molecule has 2 aliphatic rings. The average molecular weight is 402 g/mol. The summed E-state index contributed by atoms with van der Waals surface area (Å²) >= 11 is 8.72. The molecule has 7 heteroatoms. The summed E-state index contributed by atoms with van der Waals surface area (Å²) in [4.78, 5) is 28.7. The lowest BCUT2D eigenvalue weighted by Crippen LogP contribution is -2.37. The molecule has 0 radical (unpaired) electrons. The number of thioether (sulfide) groups is 1. The van der Waals surface area contributed by atoms with Gasteiger partial charge in [-0.15, -0.1) is 0 Å². The number of esters is 1. The number of thiazole rings is 1. The minimum Gasteiger partial charge on any atom is -0.426 e. The third-order valence-electron chi connectivity index (χ3n) is 4.79. The van der Waals surface area contributed by atoms with Gasteiger partial charge in [-0.25, -0.2) is 0 Å². The molecule has 3 aromatic rings. The standard InChI is InChI=1S/C19H12ClNO3S2/c20-10-7-5-9(6-8-10)15-14-13(16-17(25-15)21-19(23)26-16)11-3-1-2-4-12(11)24-18(14)22/h1-8,13-15H,(H,21,23). The van der Waals surface area contributed by atoms with Gasteiger partial charge in [0.2, 0.25) is 0 Å². The quantitative estimate of drug-likeness (QED) is 0.478. The van der Waals surface area contributed by atoms with Crippen LogP contribution in [0.25, 0.3) is 0 Å². The van der Waals surface area contributed by atoms with Gasteiger partial charge >= 0.3 is 10.8 Å². The number of halogens is 1. The van der Waals surface area contributed by atoms with Crippen LogP contribution in [0.15, 0.2) is 58.4 Å². The highest BCUT2D eigenvalue weighted by atomic mass is 35.5. The molecule has 0 saturated carbocycles. The normalized spacial score (nSPS) is 23.6. The van der Waals surface area contributed by atoms with Gasteiger partial charge in [-0.1, -0.05) is 65.0 Å². The van der Waals surface area contributed by atoms with Crippen LogP contribution in [0, 0.1) is 5.92 Å². The molecule has 3 atom stereocenters. The number of aromatic amines is 1. The topological polar surface area (TPSA) is 59.2 Å². The van der Waals surface area contributed by atoms with Crippen molar-refractivity contribution in [3.63, 3.8) is 0 Å². The van der Waals surface area contributed by atoms with Gasteiger partial charge in [-0.2, -0.15) is 0 Å². The van der Waals surface area contributed by atoms with Gasteiger partial charge in [-0.3, -0.25) is 9.59 Å². The maximum atomic E-state index is 12.9. The third kappa shape index (κ3) is 2.44. The average Bonchev–Trinajstić information content (AvgIpc) is 3.01. The zero-order chi connectivity index (χ0) is 17.8. The van der Waals surface area contributed by atoms with Gasteiger partial charge in [0.1, 0.15) is 5.75 Å². The van der Waals surface area contributed by atoms with Crippen LogP contribution >= 0.6 is 34.7 Å². The van der Waals surface area contributed by atoms with Gasteiger partial charge in [-0.05, 0) is 23.8 Å². The van der Waals surface area contributed by atoms with Gasteiger partial charge in [0.05, 0.1) is 16.2 Å². The number of para-hydroxylation sites is 1. The van der Waals surface area contributed by atoms with Crippen molar-refractivity contribution in [1.82, 2.24) is 4.98 Å². The van der Waals surface area contributed by atoms with E-state index in [-0.39, 0.29) is 22.0 Å². The van der Waals surface area contributed by atoms with Crippen molar-refractivity contribution < 1.29 is 9.53 Å². The number of hydrogen-bond acceptors (Lipinski definition) is 5. The molecule has 0 bridgehead atoms. The lowest BCUT2D eigenvalue weighted by Gasteiger charge is -2.39. The minimum atomic E-state index is -0.393. The number of H-pyrrole nitrogens is 1. The number of rotatable bonds is 1. The third-order valence-corrected chi connectivity index (χ3v) is 7.51. The van der Waals surface area contributed by atoms with Crippen LogP contribution in [0.1, 0.15) is 27.2 Å².